The van der Waals surface area contributed by atoms with Crippen molar-refractivity contribution in [3.8, 4) is 0 Å². The molecule has 1 rings (SSSR count). The molecule has 15 heavy (non-hydrogen) atoms. The van der Waals surface area contributed by atoms with Gasteiger partial charge in [-0.15, -0.1) is 5.10 Å². The van der Waals surface area contributed by atoms with E-state index in [9.17, 15) is 18.0 Å². The van der Waals surface area contributed by atoms with Gasteiger partial charge >= 0.3 is 12.1 Å². The van der Waals surface area contributed by atoms with Crippen LogP contribution in [0.1, 0.15) is 17.9 Å². The molecule has 0 aliphatic heterocycles. The number of hydrogen-bond acceptors (Lipinski definition) is 4. The third-order valence-corrected chi connectivity index (χ3v) is 1.46. The molecular weight excluding hydrogens is 215 g/mol. The summed E-state index contributed by atoms with van der Waals surface area (Å²) >= 11 is 0. The topological polar surface area (TPSA) is 76.0 Å². The van der Waals surface area contributed by atoms with Gasteiger partial charge in [0.1, 0.15) is 0 Å². The second kappa shape index (κ2) is 4.20. The van der Waals surface area contributed by atoms with Crippen LogP contribution < -0.4 is 0 Å². The van der Waals surface area contributed by atoms with E-state index in [4.69, 9.17) is 5.11 Å². The minimum absolute atomic E-state index is 0.174. The summed E-state index contributed by atoms with van der Waals surface area (Å²) in [7, 11) is 0. The quantitative estimate of drug-likeness (QED) is 0.820. The van der Waals surface area contributed by atoms with Gasteiger partial charge in [-0.05, 0) is 0 Å². The lowest BCUT2D eigenvalue weighted by Crippen LogP contribution is -2.12. The summed E-state index contributed by atoms with van der Waals surface area (Å²) in [6.07, 6.45) is -4.60. The van der Waals surface area contributed by atoms with E-state index in [1.807, 2.05) is 0 Å². The lowest BCUT2D eigenvalue weighted by molar-refractivity contribution is -0.141. The minimum atomic E-state index is -4.59. The first-order chi connectivity index (χ1) is 6.89. The van der Waals surface area contributed by atoms with Crippen molar-refractivity contribution in [3.63, 3.8) is 0 Å². The molecule has 82 valence electrons. The fourth-order valence-electron chi connectivity index (χ4n) is 0.802. The van der Waals surface area contributed by atoms with Gasteiger partial charge in [0.2, 0.25) is 0 Å². The SMILES string of the molecule is O=C(O)CCc1nncc(C(F)(F)F)n1. The van der Waals surface area contributed by atoms with Crippen molar-refractivity contribution in [3.05, 3.63) is 17.7 Å². The highest BCUT2D eigenvalue weighted by molar-refractivity contribution is 5.66. The van der Waals surface area contributed by atoms with Gasteiger partial charge in [0, 0.05) is 6.42 Å². The zero-order valence-corrected chi connectivity index (χ0v) is 7.32. The molecule has 1 aromatic rings. The summed E-state index contributed by atoms with van der Waals surface area (Å²) < 4.78 is 36.4. The zero-order chi connectivity index (χ0) is 11.5. The molecular formula is C7H6F3N3O2. The molecule has 0 bridgehead atoms. The van der Waals surface area contributed by atoms with E-state index >= 15 is 0 Å². The van der Waals surface area contributed by atoms with Crippen LogP contribution in [0.4, 0.5) is 13.2 Å². The smallest absolute Gasteiger partial charge is 0.435 e. The Balaban J connectivity index is 2.79. The molecule has 0 aliphatic carbocycles. The molecule has 0 saturated carbocycles. The van der Waals surface area contributed by atoms with Crippen molar-refractivity contribution in [1.29, 1.82) is 0 Å². The third kappa shape index (κ3) is 3.49. The summed E-state index contributed by atoms with van der Waals surface area (Å²) in [5.41, 5.74) is -1.17. The Labute approximate surface area is 82.0 Å². The van der Waals surface area contributed by atoms with Crippen molar-refractivity contribution in [2.24, 2.45) is 0 Å². The fraction of sp³-hybridized carbons (Fsp3) is 0.429. The first-order valence-corrected chi connectivity index (χ1v) is 3.87. The molecule has 1 heterocycles. The van der Waals surface area contributed by atoms with Crippen molar-refractivity contribution in [1.82, 2.24) is 15.2 Å². The number of aromatic nitrogens is 3. The average molecular weight is 221 g/mol. The van der Waals surface area contributed by atoms with E-state index < -0.39 is 17.8 Å². The molecule has 0 spiro atoms. The number of hydrogen-bond donors (Lipinski definition) is 1. The molecule has 0 radical (unpaired) electrons. The molecule has 0 atom stereocenters. The van der Waals surface area contributed by atoms with E-state index in [0.29, 0.717) is 6.20 Å². The molecule has 8 heteroatoms. The standard InChI is InChI=1S/C7H6F3N3O2/c8-7(9,10)4-3-11-13-5(12-4)1-2-6(14)15/h3H,1-2H2,(H,14,15). The van der Waals surface area contributed by atoms with Crippen LogP contribution in [0, 0.1) is 0 Å². The summed E-state index contributed by atoms with van der Waals surface area (Å²) in [6, 6.07) is 0. The van der Waals surface area contributed by atoms with Crippen molar-refractivity contribution < 1.29 is 23.1 Å². The van der Waals surface area contributed by atoms with Crippen LogP contribution >= 0.6 is 0 Å². The second-order valence-corrected chi connectivity index (χ2v) is 2.65. The molecule has 0 fully saturated rings. The largest absolute Gasteiger partial charge is 0.481 e. The maximum absolute atomic E-state index is 12.1. The average Bonchev–Trinajstić information content (AvgIpc) is 2.14. The van der Waals surface area contributed by atoms with Gasteiger partial charge in [0.15, 0.2) is 11.5 Å². The van der Waals surface area contributed by atoms with Crippen LogP contribution in [-0.2, 0) is 17.4 Å². The number of carboxylic acids is 1. The maximum Gasteiger partial charge on any atom is 0.435 e. The molecule has 0 aliphatic rings. The fourth-order valence-corrected chi connectivity index (χ4v) is 0.802. The normalized spacial score (nSPS) is 11.4. The highest BCUT2D eigenvalue weighted by Crippen LogP contribution is 2.26. The summed E-state index contributed by atoms with van der Waals surface area (Å²) in [6.45, 7) is 0. The Morgan fingerprint density at radius 3 is 2.67 bits per heavy atom. The summed E-state index contributed by atoms with van der Waals surface area (Å²) in [4.78, 5) is 13.3. The predicted molar refractivity (Wildman–Crippen MR) is 40.8 cm³/mol. The zero-order valence-electron chi connectivity index (χ0n) is 7.32. The maximum atomic E-state index is 12.1. The van der Waals surface area contributed by atoms with Gasteiger partial charge in [-0.1, -0.05) is 0 Å². The van der Waals surface area contributed by atoms with E-state index in [1.54, 1.807) is 0 Å². The van der Waals surface area contributed by atoms with Gasteiger partial charge in [-0.2, -0.15) is 18.3 Å². The molecule has 0 amide bonds. The lowest BCUT2D eigenvalue weighted by atomic mass is 10.3. The number of carboxylic acid groups (broad SMARTS) is 1. The van der Waals surface area contributed by atoms with Crippen molar-refractivity contribution >= 4 is 5.97 Å². The van der Waals surface area contributed by atoms with Crippen LogP contribution in [-0.4, -0.2) is 26.3 Å². The number of alkyl halides is 3. The Kier molecular flexibility index (Phi) is 3.17. The van der Waals surface area contributed by atoms with Crippen LogP contribution in [0.25, 0.3) is 0 Å². The van der Waals surface area contributed by atoms with Gasteiger partial charge in [-0.25, -0.2) is 4.98 Å². The minimum Gasteiger partial charge on any atom is -0.481 e. The van der Waals surface area contributed by atoms with Crippen LogP contribution in [0.3, 0.4) is 0 Å². The molecule has 0 unspecified atom stereocenters. The van der Waals surface area contributed by atoms with E-state index in [-0.39, 0.29) is 18.7 Å². The van der Waals surface area contributed by atoms with Gasteiger partial charge in [-0.3, -0.25) is 4.79 Å². The predicted octanol–water partition coefficient (Wildman–Crippen LogP) is 0.908. The number of carbonyl (C=O) groups is 1. The molecule has 0 aromatic carbocycles. The number of rotatable bonds is 3. The Morgan fingerprint density at radius 2 is 2.13 bits per heavy atom. The Bertz CT molecular complexity index is 367. The van der Waals surface area contributed by atoms with E-state index in [1.165, 1.54) is 0 Å². The first kappa shape index (κ1) is 11.3. The van der Waals surface area contributed by atoms with Gasteiger partial charge < -0.3 is 5.11 Å². The lowest BCUT2D eigenvalue weighted by Gasteiger charge is -2.04. The summed E-state index contributed by atoms with van der Waals surface area (Å²) in [5.74, 6) is -1.36. The van der Waals surface area contributed by atoms with E-state index in [0.717, 1.165) is 0 Å². The third-order valence-electron chi connectivity index (χ3n) is 1.46. The molecule has 0 saturated heterocycles. The highest BCUT2D eigenvalue weighted by atomic mass is 19.4. The van der Waals surface area contributed by atoms with E-state index in [2.05, 4.69) is 15.2 Å². The first-order valence-electron chi connectivity index (χ1n) is 3.87. The number of halogens is 3. The summed E-state index contributed by atoms with van der Waals surface area (Å²) in [5, 5.41) is 14.7. The second-order valence-electron chi connectivity index (χ2n) is 2.65. The number of aliphatic carboxylic acids is 1. The number of nitrogens with zero attached hydrogens (tertiary/aromatic N) is 3. The highest BCUT2D eigenvalue weighted by Gasteiger charge is 2.33. The van der Waals surface area contributed by atoms with Gasteiger partial charge in [0.25, 0.3) is 0 Å². The molecule has 1 N–H and O–H groups in total. The van der Waals surface area contributed by atoms with Crippen molar-refractivity contribution in [2.45, 2.75) is 19.0 Å². The van der Waals surface area contributed by atoms with Crippen LogP contribution in [0.15, 0.2) is 6.20 Å². The van der Waals surface area contributed by atoms with Gasteiger partial charge in [0.05, 0.1) is 12.6 Å². The van der Waals surface area contributed by atoms with Crippen LogP contribution in [0.5, 0.6) is 0 Å². The number of aryl methyl sites for hydroxylation is 1. The molecule has 1 aromatic heterocycles. The van der Waals surface area contributed by atoms with Crippen molar-refractivity contribution in [2.75, 3.05) is 0 Å². The van der Waals surface area contributed by atoms with Crippen LogP contribution in [0.2, 0.25) is 0 Å². The molecule has 5 nitrogen and oxygen atoms in total. The monoisotopic (exact) mass is 221 g/mol. The Morgan fingerprint density at radius 1 is 1.47 bits per heavy atom. The Hall–Kier alpha value is -1.73.